The molecule has 0 amide bonds. The summed E-state index contributed by atoms with van der Waals surface area (Å²) in [5, 5.41) is 7.58. The molecular formula is C16H18N4O. The Bertz CT molecular complexity index is 702. The van der Waals surface area contributed by atoms with Crippen LogP contribution < -0.4 is 5.32 Å². The van der Waals surface area contributed by atoms with Crippen molar-refractivity contribution in [3.8, 4) is 11.3 Å². The van der Waals surface area contributed by atoms with Gasteiger partial charge in [-0.25, -0.2) is 4.98 Å². The molecule has 0 spiro atoms. The van der Waals surface area contributed by atoms with Crippen LogP contribution >= 0.6 is 0 Å². The van der Waals surface area contributed by atoms with Gasteiger partial charge in [0.25, 0.3) is 0 Å². The third kappa shape index (κ3) is 2.97. The van der Waals surface area contributed by atoms with E-state index in [0.29, 0.717) is 5.89 Å². The van der Waals surface area contributed by atoms with E-state index in [1.54, 1.807) is 12.4 Å². The molecule has 5 heteroatoms. The van der Waals surface area contributed by atoms with Gasteiger partial charge in [0.05, 0.1) is 18.1 Å². The number of hydrogen-bond acceptors (Lipinski definition) is 4. The summed E-state index contributed by atoms with van der Waals surface area (Å²) in [5.41, 5.74) is 1.99. The molecule has 3 rings (SSSR count). The van der Waals surface area contributed by atoms with E-state index in [0.717, 1.165) is 23.6 Å². The van der Waals surface area contributed by atoms with Crippen molar-refractivity contribution in [2.75, 3.05) is 5.32 Å². The first-order chi connectivity index (χ1) is 10.3. The maximum Gasteiger partial charge on any atom is 0.217 e. The van der Waals surface area contributed by atoms with Gasteiger partial charge < -0.3 is 9.73 Å². The van der Waals surface area contributed by atoms with Crippen LogP contribution in [0.15, 0.2) is 53.3 Å². The molecule has 0 unspecified atom stereocenters. The van der Waals surface area contributed by atoms with E-state index >= 15 is 0 Å². The van der Waals surface area contributed by atoms with Gasteiger partial charge >= 0.3 is 0 Å². The van der Waals surface area contributed by atoms with Crippen molar-refractivity contribution in [3.63, 3.8) is 0 Å². The Morgan fingerprint density at radius 2 is 2.05 bits per heavy atom. The number of nitrogens with one attached hydrogen (secondary N) is 1. The van der Waals surface area contributed by atoms with Gasteiger partial charge in [-0.2, -0.15) is 5.10 Å². The second-order valence-corrected chi connectivity index (χ2v) is 4.88. The molecule has 0 saturated carbocycles. The normalized spacial score (nSPS) is 12.3. The van der Waals surface area contributed by atoms with Crippen molar-refractivity contribution in [1.29, 1.82) is 0 Å². The zero-order valence-electron chi connectivity index (χ0n) is 12.2. The van der Waals surface area contributed by atoms with E-state index < -0.39 is 0 Å². The smallest absolute Gasteiger partial charge is 0.217 e. The Morgan fingerprint density at radius 1 is 1.24 bits per heavy atom. The summed E-state index contributed by atoms with van der Waals surface area (Å²) >= 11 is 0. The molecular weight excluding hydrogens is 264 g/mol. The lowest BCUT2D eigenvalue weighted by Crippen LogP contribution is -2.06. The molecule has 0 fully saturated rings. The molecule has 0 aliphatic carbocycles. The molecule has 1 aromatic carbocycles. The second-order valence-electron chi connectivity index (χ2n) is 4.88. The van der Waals surface area contributed by atoms with Crippen LogP contribution in [0.25, 0.3) is 11.3 Å². The first kappa shape index (κ1) is 13.4. The summed E-state index contributed by atoms with van der Waals surface area (Å²) in [6.07, 6.45) is 5.54. The lowest BCUT2D eigenvalue weighted by molar-refractivity contribution is 0.485. The Kier molecular flexibility index (Phi) is 3.73. The average molecular weight is 282 g/mol. The fourth-order valence-corrected chi connectivity index (χ4v) is 2.15. The first-order valence-electron chi connectivity index (χ1n) is 7.06. The lowest BCUT2D eigenvalue weighted by Gasteiger charge is -2.09. The number of aryl methyl sites for hydroxylation is 1. The van der Waals surface area contributed by atoms with E-state index in [4.69, 9.17) is 4.42 Å². The largest absolute Gasteiger partial charge is 0.438 e. The minimum atomic E-state index is -0.0167. The van der Waals surface area contributed by atoms with Crippen LogP contribution in [-0.4, -0.2) is 14.8 Å². The van der Waals surface area contributed by atoms with E-state index in [2.05, 4.69) is 22.3 Å². The van der Waals surface area contributed by atoms with E-state index in [1.807, 2.05) is 48.1 Å². The van der Waals surface area contributed by atoms with Crippen LogP contribution in [0.2, 0.25) is 0 Å². The lowest BCUT2D eigenvalue weighted by atomic mass is 10.2. The SMILES string of the molecule is CCn1cc(N[C@H](C)c2ncc(-c3ccccc3)o2)cn1. The van der Waals surface area contributed by atoms with E-state index in [9.17, 15) is 0 Å². The molecule has 2 heterocycles. The summed E-state index contributed by atoms with van der Waals surface area (Å²) in [7, 11) is 0. The topological polar surface area (TPSA) is 55.9 Å². The number of hydrogen-bond donors (Lipinski definition) is 1. The number of aromatic nitrogens is 3. The minimum Gasteiger partial charge on any atom is -0.438 e. The van der Waals surface area contributed by atoms with Crippen LogP contribution in [0, 0.1) is 0 Å². The number of oxazole rings is 1. The summed E-state index contributed by atoms with van der Waals surface area (Å²) in [6, 6.07) is 9.95. The number of anilines is 1. The van der Waals surface area contributed by atoms with Crippen molar-refractivity contribution in [3.05, 3.63) is 54.8 Å². The molecule has 0 bridgehead atoms. The predicted molar refractivity (Wildman–Crippen MR) is 81.9 cm³/mol. The van der Waals surface area contributed by atoms with Gasteiger partial charge in [-0.1, -0.05) is 30.3 Å². The average Bonchev–Trinajstić information content (AvgIpc) is 3.17. The molecule has 21 heavy (non-hydrogen) atoms. The summed E-state index contributed by atoms with van der Waals surface area (Å²) < 4.78 is 7.71. The first-order valence-corrected chi connectivity index (χ1v) is 7.06. The van der Waals surface area contributed by atoms with Crippen molar-refractivity contribution >= 4 is 5.69 Å². The minimum absolute atomic E-state index is 0.0167. The summed E-state index contributed by atoms with van der Waals surface area (Å²) in [5.74, 6) is 1.45. The zero-order valence-corrected chi connectivity index (χ0v) is 12.2. The molecule has 0 saturated heterocycles. The van der Waals surface area contributed by atoms with Crippen molar-refractivity contribution < 1.29 is 4.42 Å². The monoisotopic (exact) mass is 282 g/mol. The molecule has 0 aliphatic heterocycles. The molecule has 0 aliphatic rings. The van der Waals surface area contributed by atoms with Crippen LogP contribution in [0.4, 0.5) is 5.69 Å². The van der Waals surface area contributed by atoms with Gasteiger partial charge in [0.2, 0.25) is 5.89 Å². The number of rotatable bonds is 5. The van der Waals surface area contributed by atoms with E-state index in [1.165, 1.54) is 0 Å². The molecule has 1 atom stereocenters. The number of benzene rings is 1. The third-order valence-electron chi connectivity index (χ3n) is 3.29. The molecule has 5 nitrogen and oxygen atoms in total. The van der Waals surface area contributed by atoms with E-state index in [-0.39, 0.29) is 6.04 Å². The standard InChI is InChI=1S/C16H18N4O/c1-3-20-11-14(9-18-20)19-12(2)16-17-10-15(21-16)13-7-5-4-6-8-13/h4-12,19H,3H2,1-2H3/t12-/m1/s1. The molecule has 2 aromatic heterocycles. The molecule has 3 aromatic rings. The highest BCUT2D eigenvalue weighted by Gasteiger charge is 2.13. The highest BCUT2D eigenvalue weighted by molar-refractivity contribution is 5.55. The Labute approximate surface area is 123 Å². The highest BCUT2D eigenvalue weighted by Crippen LogP contribution is 2.24. The molecule has 108 valence electrons. The maximum absolute atomic E-state index is 5.84. The predicted octanol–water partition coefficient (Wildman–Crippen LogP) is 3.73. The quantitative estimate of drug-likeness (QED) is 0.774. The summed E-state index contributed by atoms with van der Waals surface area (Å²) in [6.45, 7) is 4.93. The summed E-state index contributed by atoms with van der Waals surface area (Å²) in [4.78, 5) is 4.36. The Balaban J connectivity index is 1.73. The fourth-order valence-electron chi connectivity index (χ4n) is 2.15. The van der Waals surface area contributed by atoms with Crippen LogP contribution in [0.1, 0.15) is 25.8 Å². The van der Waals surface area contributed by atoms with Gasteiger partial charge in [0, 0.05) is 18.3 Å². The van der Waals surface area contributed by atoms with Gasteiger partial charge in [0.1, 0.15) is 6.04 Å². The Morgan fingerprint density at radius 3 is 2.76 bits per heavy atom. The van der Waals surface area contributed by atoms with Gasteiger partial charge in [-0.3, -0.25) is 4.68 Å². The number of nitrogens with zero attached hydrogens (tertiary/aromatic N) is 3. The molecule has 1 N–H and O–H groups in total. The fraction of sp³-hybridized carbons (Fsp3) is 0.250. The van der Waals surface area contributed by atoms with Gasteiger partial charge in [0.15, 0.2) is 5.76 Å². The van der Waals surface area contributed by atoms with Gasteiger partial charge in [-0.05, 0) is 13.8 Å². The van der Waals surface area contributed by atoms with Crippen LogP contribution in [-0.2, 0) is 6.54 Å². The molecule has 0 radical (unpaired) electrons. The van der Waals surface area contributed by atoms with Gasteiger partial charge in [-0.15, -0.1) is 0 Å². The van der Waals surface area contributed by atoms with Crippen LogP contribution in [0.5, 0.6) is 0 Å². The van der Waals surface area contributed by atoms with Crippen molar-refractivity contribution in [2.24, 2.45) is 0 Å². The Hall–Kier alpha value is -2.56. The maximum atomic E-state index is 5.84. The van der Waals surface area contributed by atoms with Crippen LogP contribution in [0.3, 0.4) is 0 Å². The zero-order chi connectivity index (χ0) is 14.7. The highest BCUT2D eigenvalue weighted by atomic mass is 16.4. The third-order valence-corrected chi connectivity index (χ3v) is 3.29. The second kappa shape index (κ2) is 5.83. The van der Waals surface area contributed by atoms with Crippen molar-refractivity contribution in [1.82, 2.24) is 14.8 Å². The van der Waals surface area contributed by atoms with Crippen molar-refractivity contribution in [2.45, 2.75) is 26.4 Å².